The monoisotopic (exact) mass is 509 g/mol. The zero-order valence-electron chi connectivity index (χ0n) is 20.8. The number of carbonyl (C=O) groups excluding carboxylic acids is 3. The van der Waals surface area contributed by atoms with Crippen molar-refractivity contribution >= 4 is 23.6 Å². The fourth-order valence-electron chi connectivity index (χ4n) is 4.42. The molecule has 8 heteroatoms. The molecule has 5 rings (SSSR count). The SMILES string of the molecule is Cc1ccccc1CN1C(=O)OC(c2ccc(NC(=O)c3ccccc3)cc2)C1C(=O)NCc1ccco1. The number of ether oxygens (including phenoxy) is 1. The Balaban J connectivity index is 1.37. The van der Waals surface area contributed by atoms with Crippen molar-refractivity contribution < 1.29 is 23.5 Å². The molecule has 0 bridgehead atoms. The predicted octanol–water partition coefficient (Wildman–Crippen LogP) is 5.22. The first-order valence-electron chi connectivity index (χ1n) is 12.3. The molecule has 1 aliphatic heterocycles. The van der Waals surface area contributed by atoms with Crippen LogP contribution >= 0.6 is 0 Å². The van der Waals surface area contributed by atoms with Crippen molar-refractivity contribution in [2.45, 2.75) is 32.2 Å². The predicted molar refractivity (Wildman–Crippen MR) is 141 cm³/mol. The fourth-order valence-corrected chi connectivity index (χ4v) is 4.42. The van der Waals surface area contributed by atoms with Gasteiger partial charge in [-0.3, -0.25) is 14.5 Å². The van der Waals surface area contributed by atoms with Gasteiger partial charge in [-0.1, -0.05) is 54.6 Å². The Labute approximate surface area is 220 Å². The number of cyclic esters (lactones) is 1. The molecule has 4 aromatic rings. The summed E-state index contributed by atoms with van der Waals surface area (Å²) in [5.74, 6) is 0.0154. The molecule has 1 aromatic heterocycles. The van der Waals surface area contributed by atoms with Gasteiger partial charge in [-0.2, -0.15) is 0 Å². The van der Waals surface area contributed by atoms with Gasteiger partial charge in [0.1, 0.15) is 5.76 Å². The van der Waals surface area contributed by atoms with Crippen LogP contribution in [0.5, 0.6) is 0 Å². The molecule has 2 unspecified atom stereocenters. The largest absolute Gasteiger partial charge is 0.467 e. The van der Waals surface area contributed by atoms with Crippen molar-refractivity contribution in [2.75, 3.05) is 5.32 Å². The van der Waals surface area contributed by atoms with Crippen molar-refractivity contribution in [3.8, 4) is 0 Å². The Bertz CT molecular complexity index is 1420. The average molecular weight is 510 g/mol. The Kier molecular flexibility index (Phi) is 7.21. The number of rotatable bonds is 8. The molecule has 1 saturated heterocycles. The molecule has 1 fully saturated rings. The number of hydrogen-bond donors (Lipinski definition) is 2. The molecule has 0 spiro atoms. The highest BCUT2D eigenvalue weighted by atomic mass is 16.6. The summed E-state index contributed by atoms with van der Waals surface area (Å²) in [5, 5.41) is 5.73. The maximum atomic E-state index is 13.4. The summed E-state index contributed by atoms with van der Waals surface area (Å²) in [6, 6.07) is 26.2. The summed E-state index contributed by atoms with van der Waals surface area (Å²) in [4.78, 5) is 40.4. The number of benzene rings is 3. The number of aryl methyl sites for hydroxylation is 1. The Morgan fingerprint density at radius 1 is 0.895 bits per heavy atom. The minimum Gasteiger partial charge on any atom is -0.467 e. The highest BCUT2D eigenvalue weighted by Gasteiger charge is 2.47. The van der Waals surface area contributed by atoms with Gasteiger partial charge in [0.05, 0.1) is 19.4 Å². The molecule has 192 valence electrons. The van der Waals surface area contributed by atoms with Crippen LogP contribution in [-0.4, -0.2) is 28.8 Å². The van der Waals surface area contributed by atoms with Crippen LogP contribution in [0.1, 0.15) is 38.9 Å². The molecule has 2 N–H and O–H groups in total. The van der Waals surface area contributed by atoms with Gasteiger partial charge in [-0.25, -0.2) is 4.79 Å². The van der Waals surface area contributed by atoms with Gasteiger partial charge in [-0.15, -0.1) is 0 Å². The molecule has 2 heterocycles. The second-order valence-corrected chi connectivity index (χ2v) is 9.04. The van der Waals surface area contributed by atoms with E-state index in [1.54, 1.807) is 60.7 Å². The molecule has 3 aromatic carbocycles. The van der Waals surface area contributed by atoms with E-state index in [0.29, 0.717) is 22.6 Å². The minimum absolute atomic E-state index is 0.186. The van der Waals surface area contributed by atoms with E-state index in [-0.39, 0.29) is 24.9 Å². The Hall–Kier alpha value is -4.85. The second kappa shape index (κ2) is 11.0. The summed E-state index contributed by atoms with van der Waals surface area (Å²) in [5.41, 5.74) is 3.70. The molecule has 1 aliphatic rings. The molecule has 3 amide bonds. The van der Waals surface area contributed by atoms with Gasteiger partial charge in [0, 0.05) is 11.3 Å². The summed E-state index contributed by atoms with van der Waals surface area (Å²) in [7, 11) is 0. The number of nitrogens with zero attached hydrogens (tertiary/aromatic N) is 1. The molecule has 8 nitrogen and oxygen atoms in total. The van der Waals surface area contributed by atoms with Gasteiger partial charge in [0.2, 0.25) is 5.91 Å². The van der Waals surface area contributed by atoms with Gasteiger partial charge in [0.25, 0.3) is 5.91 Å². The summed E-state index contributed by atoms with van der Waals surface area (Å²) in [6.45, 7) is 2.38. The first-order valence-corrected chi connectivity index (χ1v) is 12.3. The smallest absolute Gasteiger partial charge is 0.411 e. The van der Waals surface area contributed by atoms with Crippen LogP contribution < -0.4 is 10.6 Å². The number of amides is 3. The zero-order chi connectivity index (χ0) is 26.5. The molecule has 0 aliphatic carbocycles. The molecular weight excluding hydrogens is 482 g/mol. The molecule has 38 heavy (non-hydrogen) atoms. The number of hydrogen-bond acceptors (Lipinski definition) is 5. The second-order valence-electron chi connectivity index (χ2n) is 9.04. The van der Waals surface area contributed by atoms with E-state index in [2.05, 4.69) is 10.6 Å². The van der Waals surface area contributed by atoms with Crippen molar-refractivity contribution in [3.05, 3.63) is 125 Å². The van der Waals surface area contributed by atoms with Crippen LogP contribution in [-0.2, 0) is 22.6 Å². The lowest BCUT2D eigenvalue weighted by Crippen LogP contribution is -2.46. The Morgan fingerprint density at radius 3 is 2.34 bits per heavy atom. The van der Waals surface area contributed by atoms with Crippen LogP contribution in [0.15, 0.2) is 102 Å². The molecule has 0 saturated carbocycles. The van der Waals surface area contributed by atoms with Gasteiger partial charge >= 0.3 is 6.09 Å². The lowest BCUT2D eigenvalue weighted by atomic mass is 9.99. The van der Waals surface area contributed by atoms with E-state index in [0.717, 1.165) is 11.1 Å². The van der Waals surface area contributed by atoms with Crippen LogP contribution in [0.2, 0.25) is 0 Å². The summed E-state index contributed by atoms with van der Waals surface area (Å²) >= 11 is 0. The normalized spacial score (nSPS) is 16.7. The lowest BCUT2D eigenvalue weighted by Gasteiger charge is -2.24. The van der Waals surface area contributed by atoms with Crippen LogP contribution in [0.4, 0.5) is 10.5 Å². The van der Waals surface area contributed by atoms with E-state index in [4.69, 9.17) is 9.15 Å². The van der Waals surface area contributed by atoms with Crippen LogP contribution in [0.3, 0.4) is 0 Å². The number of furan rings is 1. The standard InChI is InChI=1S/C30H27N3O5/c1-20-8-5-6-11-23(20)19-33-26(29(35)31-18-25-12-7-17-37-25)27(38-30(33)36)21-13-15-24(16-14-21)32-28(34)22-9-3-2-4-10-22/h2-17,26-27H,18-19H2,1H3,(H,31,35)(H,32,34). The minimum atomic E-state index is -0.901. The van der Waals surface area contributed by atoms with Gasteiger partial charge in [-0.05, 0) is 60.0 Å². The molecular formula is C30H27N3O5. The third kappa shape index (κ3) is 5.44. The third-order valence-corrected chi connectivity index (χ3v) is 6.51. The van der Waals surface area contributed by atoms with Crippen molar-refractivity contribution in [1.82, 2.24) is 10.2 Å². The van der Waals surface area contributed by atoms with Crippen LogP contribution in [0.25, 0.3) is 0 Å². The zero-order valence-corrected chi connectivity index (χ0v) is 20.8. The first-order chi connectivity index (χ1) is 18.5. The molecule has 2 atom stereocenters. The summed E-state index contributed by atoms with van der Waals surface area (Å²) < 4.78 is 11.1. The van der Waals surface area contributed by atoms with E-state index in [1.807, 2.05) is 37.3 Å². The Morgan fingerprint density at radius 2 is 1.63 bits per heavy atom. The van der Waals surface area contributed by atoms with Crippen molar-refractivity contribution in [2.24, 2.45) is 0 Å². The van der Waals surface area contributed by atoms with Gasteiger partial charge in [0.15, 0.2) is 12.1 Å². The van der Waals surface area contributed by atoms with E-state index < -0.39 is 18.2 Å². The number of carbonyl (C=O) groups is 3. The van der Waals surface area contributed by atoms with E-state index >= 15 is 0 Å². The highest BCUT2D eigenvalue weighted by molar-refractivity contribution is 6.04. The number of nitrogens with one attached hydrogen (secondary N) is 2. The van der Waals surface area contributed by atoms with E-state index in [1.165, 1.54) is 11.2 Å². The average Bonchev–Trinajstić information content (AvgIpc) is 3.57. The fraction of sp³-hybridized carbons (Fsp3) is 0.167. The van der Waals surface area contributed by atoms with E-state index in [9.17, 15) is 14.4 Å². The van der Waals surface area contributed by atoms with Crippen molar-refractivity contribution in [3.63, 3.8) is 0 Å². The molecule has 0 radical (unpaired) electrons. The highest BCUT2D eigenvalue weighted by Crippen LogP contribution is 2.35. The summed E-state index contributed by atoms with van der Waals surface area (Å²) in [6.07, 6.45) is 0.134. The maximum absolute atomic E-state index is 13.4. The first kappa shape index (κ1) is 24.8. The lowest BCUT2D eigenvalue weighted by molar-refractivity contribution is -0.126. The maximum Gasteiger partial charge on any atom is 0.411 e. The van der Waals surface area contributed by atoms with Crippen molar-refractivity contribution in [1.29, 1.82) is 0 Å². The number of anilines is 1. The quantitative estimate of drug-likeness (QED) is 0.339. The topological polar surface area (TPSA) is 101 Å². The van der Waals surface area contributed by atoms with Crippen LogP contribution in [0, 0.1) is 6.92 Å². The van der Waals surface area contributed by atoms with Gasteiger partial charge < -0.3 is 19.8 Å². The third-order valence-electron chi connectivity index (χ3n) is 6.51.